The number of likely N-dealkylation sites (N-methyl/N-ethyl adjacent to an activating group) is 1. The molecule has 0 heterocycles. The van der Waals surface area contributed by atoms with E-state index in [1.807, 2.05) is 32.8 Å². The molecule has 0 aliphatic rings. The molecule has 0 unspecified atom stereocenters. The molecule has 0 saturated carbocycles. The smallest absolute Gasteiger partial charge is 0.242 e. The van der Waals surface area contributed by atoms with Crippen LogP contribution in [0.4, 0.5) is 5.69 Å². The van der Waals surface area contributed by atoms with Crippen molar-refractivity contribution in [2.45, 2.75) is 24.3 Å². The zero-order valence-corrected chi connectivity index (χ0v) is 13.4. The second-order valence-electron chi connectivity index (χ2n) is 5.44. The maximum Gasteiger partial charge on any atom is 0.242 e. The third kappa shape index (κ3) is 3.84. The van der Waals surface area contributed by atoms with Crippen molar-refractivity contribution in [2.24, 2.45) is 0 Å². The van der Waals surface area contributed by atoms with E-state index in [-0.39, 0.29) is 22.7 Å². The Morgan fingerprint density at radius 2 is 1.95 bits per heavy atom. The van der Waals surface area contributed by atoms with E-state index < -0.39 is 10.0 Å². The molecule has 1 aromatic carbocycles. The maximum absolute atomic E-state index is 12.3. The molecule has 0 amide bonds. The SMILES string of the molecule is COc1ccc(S(=O)(=O)NCC(C)(C)N(C)C)c(N)c1. The van der Waals surface area contributed by atoms with Gasteiger partial charge in [-0.15, -0.1) is 0 Å². The molecule has 0 aromatic heterocycles. The fourth-order valence-corrected chi connectivity index (χ4v) is 2.72. The number of ether oxygens (including phenoxy) is 1. The minimum Gasteiger partial charge on any atom is -0.497 e. The van der Waals surface area contributed by atoms with Crippen molar-refractivity contribution in [1.82, 2.24) is 9.62 Å². The van der Waals surface area contributed by atoms with Crippen molar-refractivity contribution < 1.29 is 13.2 Å². The molecule has 0 bridgehead atoms. The summed E-state index contributed by atoms with van der Waals surface area (Å²) in [5.41, 5.74) is 5.64. The molecule has 0 atom stereocenters. The average molecular weight is 301 g/mol. The third-order valence-electron chi connectivity index (χ3n) is 3.41. The number of methoxy groups -OCH3 is 1. The van der Waals surface area contributed by atoms with Gasteiger partial charge in [-0.1, -0.05) is 0 Å². The first-order valence-corrected chi connectivity index (χ1v) is 7.69. The van der Waals surface area contributed by atoms with Gasteiger partial charge in [0.2, 0.25) is 10.0 Å². The molecule has 114 valence electrons. The quantitative estimate of drug-likeness (QED) is 0.763. The molecule has 20 heavy (non-hydrogen) atoms. The second kappa shape index (κ2) is 5.99. The van der Waals surface area contributed by atoms with Crippen molar-refractivity contribution in [1.29, 1.82) is 0 Å². The van der Waals surface area contributed by atoms with Crippen LogP contribution in [0.1, 0.15) is 13.8 Å². The summed E-state index contributed by atoms with van der Waals surface area (Å²) in [7, 11) is 1.66. The summed E-state index contributed by atoms with van der Waals surface area (Å²) < 4.78 is 32.1. The van der Waals surface area contributed by atoms with Crippen molar-refractivity contribution in [2.75, 3.05) is 33.5 Å². The first-order valence-electron chi connectivity index (χ1n) is 6.21. The number of nitrogens with zero attached hydrogens (tertiary/aromatic N) is 1. The number of nitrogen functional groups attached to an aromatic ring is 1. The summed E-state index contributed by atoms with van der Waals surface area (Å²) >= 11 is 0. The van der Waals surface area contributed by atoms with Crippen LogP contribution in [-0.2, 0) is 10.0 Å². The Hall–Kier alpha value is -1.31. The van der Waals surface area contributed by atoms with Gasteiger partial charge in [-0.2, -0.15) is 0 Å². The number of nitrogens with one attached hydrogen (secondary N) is 1. The topological polar surface area (TPSA) is 84.7 Å². The van der Waals surface area contributed by atoms with Crippen LogP contribution in [0.3, 0.4) is 0 Å². The van der Waals surface area contributed by atoms with E-state index in [1.165, 1.54) is 19.2 Å². The lowest BCUT2D eigenvalue weighted by Gasteiger charge is -2.32. The highest BCUT2D eigenvalue weighted by molar-refractivity contribution is 7.89. The Bertz CT molecular complexity index is 568. The third-order valence-corrected chi connectivity index (χ3v) is 4.89. The van der Waals surface area contributed by atoms with Gasteiger partial charge in [-0.25, -0.2) is 13.1 Å². The lowest BCUT2D eigenvalue weighted by atomic mass is 10.1. The number of benzene rings is 1. The highest BCUT2D eigenvalue weighted by Crippen LogP contribution is 2.23. The Morgan fingerprint density at radius 1 is 1.35 bits per heavy atom. The van der Waals surface area contributed by atoms with Crippen LogP contribution >= 0.6 is 0 Å². The van der Waals surface area contributed by atoms with Crippen LogP contribution < -0.4 is 15.2 Å². The zero-order valence-electron chi connectivity index (χ0n) is 12.6. The first-order chi connectivity index (χ1) is 9.10. The number of rotatable bonds is 6. The fourth-order valence-electron chi connectivity index (χ4n) is 1.41. The van der Waals surface area contributed by atoms with Crippen molar-refractivity contribution >= 4 is 15.7 Å². The highest BCUT2D eigenvalue weighted by Gasteiger charge is 2.25. The summed E-state index contributed by atoms with van der Waals surface area (Å²) in [5.74, 6) is 0.523. The number of anilines is 1. The van der Waals surface area contributed by atoms with E-state index in [4.69, 9.17) is 10.5 Å². The largest absolute Gasteiger partial charge is 0.497 e. The normalized spacial score (nSPS) is 12.7. The summed E-state index contributed by atoms with van der Waals surface area (Å²) in [6.45, 7) is 4.19. The molecule has 1 aromatic rings. The van der Waals surface area contributed by atoms with Crippen LogP contribution in [-0.4, -0.2) is 46.6 Å². The summed E-state index contributed by atoms with van der Waals surface area (Å²) in [5, 5.41) is 0. The number of nitrogens with two attached hydrogens (primary N) is 1. The van der Waals surface area contributed by atoms with E-state index in [0.29, 0.717) is 5.75 Å². The summed E-state index contributed by atoms with van der Waals surface area (Å²) in [6, 6.07) is 4.51. The number of hydrogen-bond acceptors (Lipinski definition) is 5. The lowest BCUT2D eigenvalue weighted by Crippen LogP contribution is -2.48. The van der Waals surface area contributed by atoms with Crippen LogP contribution in [0.5, 0.6) is 5.75 Å². The number of hydrogen-bond donors (Lipinski definition) is 2. The molecule has 7 heteroatoms. The summed E-state index contributed by atoms with van der Waals surface area (Å²) in [4.78, 5) is 2.01. The van der Waals surface area contributed by atoms with Crippen molar-refractivity contribution in [3.8, 4) is 5.75 Å². The van der Waals surface area contributed by atoms with E-state index in [2.05, 4.69) is 4.72 Å². The second-order valence-corrected chi connectivity index (χ2v) is 7.17. The standard InChI is InChI=1S/C13H23N3O3S/c1-13(2,16(3)4)9-15-20(17,18)12-7-6-10(19-5)8-11(12)14/h6-8,15H,9,14H2,1-5H3. The van der Waals surface area contributed by atoms with Crippen LogP contribution in [0.2, 0.25) is 0 Å². The molecule has 0 aliphatic carbocycles. The highest BCUT2D eigenvalue weighted by atomic mass is 32.2. The summed E-state index contributed by atoms with van der Waals surface area (Å²) in [6.07, 6.45) is 0. The minimum absolute atomic E-state index is 0.0628. The van der Waals surface area contributed by atoms with Gasteiger partial charge in [-0.3, -0.25) is 0 Å². The molecule has 6 nitrogen and oxygen atoms in total. The zero-order chi connectivity index (χ0) is 15.6. The van der Waals surface area contributed by atoms with Gasteiger partial charge in [0.15, 0.2) is 0 Å². The van der Waals surface area contributed by atoms with Crippen molar-refractivity contribution in [3.05, 3.63) is 18.2 Å². The Labute approximate surface area is 121 Å². The molecule has 0 saturated heterocycles. The Morgan fingerprint density at radius 3 is 2.40 bits per heavy atom. The van der Waals surface area contributed by atoms with E-state index in [9.17, 15) is 8.42 Å². The molecule has 0 spiro atoms. The van der Waals surface area contributed by atoms with Gasteiger partial charge in [-0.05, 0) is 40.1 Å². The fraction of sp³-hybridized carbons (Fsp3) is 0.538. The van der Waals surface area contributed by atoms with Crippen molar-refractivity contribution in [3.63, 3.8) is 0 Å². The van der Waals surface area contributed by atoms with E-state index in [0.717, 1.165) is 0 Å². The maximum atomic E-state index is 12.3. The van der Waals surface area contributed by atoms with Crippen LogP contribution in [0, 0.1) is 0 Å². The molecular formula is C13H23N3O3S. The van der Waals surface area contributed by atoms with Gasteiger partial charge >= 0.3 is 0 Å². The van der Waals surface area contributed by atoms with Gasteiger partial charge < -0.3 is 15.4 Å². The minimum atomic E-state index is -3.64. The van der Waals surface area contributed by atoms with Gasteiger partial charge in [0, 0.05) is 18.2 Å². The lowest BCUT2D eigenvalue weighted by molar-refractivity contribution is 0.199. The molecular weight excluding hydrogens is 278 g/mol. The van der Waals surface area contributed by atoms with Crippen LogP contribution in [0.15, 0.2) is 23.1 Å². The van der Waals surface area contributed by atoms with E-state index >= 15 is 0 Å². The van der Waals surface area contributed by atoms with Gasteiger partial charge in [0.25, 0.3) is 0 Å². The first kappa shape index (κ1) is 16.7. The van der Waals surface area contributed by atoms with Crippen LogP contribution in [0.25, 0.3) is 0 Å². The molecule has 0 aliphatic heterocycles. The van der Waals surface area contributed by atoms with Gasteiger partial charge in [0.05, 0.1) is 12.8 Å². The Kier molecular flexibility index (Phi) is 5.01. The predicted octanol–water partition coefficient (Wildman–Crippen LogP) is 0.896. The van der Waals surface area contributed by atoms with Gasteiger partial charge in [0.1, 0.15) is 10.6 Å². The molecule has 0 fully saturated rings. The predicted molar refractivity (Wildman–Crippen MR) is 80.4 cm³/mol. The van der Waals surface area contributed by atoms with E-state index in [1.54, 1.807) is 6.07 Å². The average Bonchev–Trinajstić information content (AvgIpc) is 2.36. The number of sulfonamides is 1. The molecule has 0 radical (unpaired) electrons. The molecule has 3 N–H and O–H groups in total. The monoisotopic (exact) mass is 301 g/mol. The molecule has 1 rings (SSSR count). The Balaban J connectivity index is 2.95.